The number of aliphatic hydroxyl groups is 1. The smallest absolute Gasteiger partial charge is 0.124 e. The highest BCUT2D eigenvalue weighted by atomic mass is 16.5. The van der Waals surface area contributed by atoms with E-state index in [2.05, 4.69) is 0 Å². The van der Waals surface area contributed by atoms with Crippen molar-refractivity contribution < 1.29 is 9.84 Å². The highest BCUT2D eigenvalue weighted by Crippen LogP contribution is 2.25. The van der Waals surface area contributed by atoms with Crippen molar-refractivity contribution in [1.29, 1.82) is 0 Å². The minimum Gasteiger partial charge on any atom is -0.496 e. The van der Waals surface area contributed by atoms with Crippen molar-refractivity contribution in [2.24, 2.45) is 5.73 Å². The molecule has 13 heavy (non-hydrogen) atoms. The number of rotatable bonds is 3. The quantitative estimate of drug-likeness (QED) is 0.736. The van der Waals surface area contributed by atoms with E-state index in [-0.39, 0.29) is 12.6 Å². The molecule has 0 heterocycles. The monoisotopic (exact) mass is 181 g/mol. The highest BCUT2D eigenvalue weighted by molar-refractivity contribution is 5.41. The summed E-state index contributed by atoms with van der Waals surface area (Å²) in [5.74, 6) is 0.692. The van der Waals surface area contributed by atoms with E-state index in [9.17, 15) is 0 Å². The van der Waals surface area contributed by atoms with Crippen molar-refractivity contribution in [2.75, 3.05) is 7.11 Å². The lowest BCUT2D eigenvalue weighted by atomic mass is 10.0. The van der Waals surface area contributed by atoms with E-state index in [1.54, 1.807) is 7.11 Å². The second-order valence-electron chi connectivity index (χ2n) is 2.97. The van der Waals surface area contributed by atoms with E-state index in [0.717, 1.165) is 11.1 Å². The van der Waals surface area contributed by atoms with Crippen molar-refractivity contribution in [1.82, 2.24) is 0 Å². The number of methoxy groups -OCH3 is 1. The third kappa shape index (κ3) is 1.99. The molecule has 1 atom stereocenters. The SMILES string of the molecule is COc1cccc([C@H](C)N)c1CO. The van der Waals surface area contributed by atoms with Gasteiger partial charge >= 0.3 is 0 Å². The summed E-state index contributed by atoms with van der Waals surface area (Å²) < 4.78 is 5.11. The van der Waals surface area contributed by atoms with Gasteiger partial charge in [-0.05, 0) is 18.6 Å². The van der Waals surface area contributed by atoms with Crippen LogP contribution < -0.4 is 10.5 Å². The van der Waals surface area contributed by atoms with Crippen LogP contribution in [0.1, 0.15) is 24.1 Å². The molecule has 0 aliphatic carbocycles. The molecular formula is C10H15NO2. The zero-order chi connectivity index (χ0) is 9.84. The van der Waals surface area contributed by atoms with Crippen molar-refractivity contribution in [3.63, 3.8) is 0 Å². The Morgan fingerprint density at radius 1 is 1.54 bits per heavy atom. The summed E-state index contributed by atoms with van der Waals surface area (Å²) in [6.07, 6.45) is 0. The standard InChI is InChI=1S/C10H15NO2/c1-7(11)8-4-3-5-10(13-2)9(8)6-12/h3-5,7,12H,6,11H2,1-2H3/t7-/m0/s1. The van der Waals surface area contributed by atoms with Gasteiger partial charge in [-0.2, -0.15) is 0 Å². The minimum atomic E-state index is -0.0859. The molecular weight excluding hydrogens is 166 g/mol. The van der Waals surface area contributed by atoms with Crippen LogP contribution in [0.3, 0.4) is 0 Å². The number of ether oxygens (including phenoxy) is 1. The van der Waals surface area contributed by atoms with Gasteiger partial charge < -0.3 is 15.6 Å². The van der Waals surface area contributed by atoms with E-state index < -0.39 is 0 Å². The Labute approximate surface area is 78.1 Å². The summed E-state index contributed by atoms with van der Waals surface area (Å²) in [7, 11) is 1.58. The molecule has 0 aliphatic rings. The third-order valence-corrected chi connectivity index (χ3v) is 2.04. The van der Waals surface area contributed by atoms with Crippen LogP contribution in [0.5, 0.6) is 5.75 Å². The molecule has 0 saturated heterocycles. The molecule has 0 fully saturated rings. The minimum absolute atomic E-state index is 0.0408. The van der Waals surface area contributed by atoms with Gasteiger partial charge in [0.1, 0.15) is 5.75 Å². The summed E-state index contributed by atoms with van der Waals surface area (Å²) in [5, 5.41) is 9.14. The van der Waals surface area contributed by atoms with Crippen LogP contribution >= 0.6 is 0 Å². The first kappa shape index (κ1) is 10.0. The predicted molar refractivity (Wildman–Crippen MR) is 51.5 cm³/mol. The number of nitrogens with two attached hydrogens (primary N) is 1. The lowest BCUT2D eigenvalue weighted by Crippen LogP contribution is -2.09. The van der Waals surface area contributed by atoms with Gasteiger partial charge in [-0.15, -0.1) is 0 Å². The van der Waals surface area contributed by atoms with E-state index in [1.165, 1.54) is 0 Å². The molecule has 72 valence electrons. The lowest BCUT2D eigenvalue weighted by Gasteiger charge is -2.14. The van der Waals surface area contributed by atoms with Gasteiger partial charge in [0.05, 0.1) is 13.7 Å². The number of benzene rings is 1. The van der Waals surface area contributed by atoms with Gasteiger partial charge in [0.15, 0.2) is 0 Å². The zero-order valence-corrected chi connectivity index (χ0v) is 7.95. The Bertz CT molecular complexity index is 284. The van der Waals surface area contributed by atoms with Gasteiger partial charge in [-0.25, -0.2) is 0 Å². The highest BCUT2D eigenvalue weighted by Gasteiger charge is 2.10. The van der Waals surface area contributed by atoms with Gasteiger partial charge in [-0.1, -0.05) is 12.1 Å². The van der Waals surface area contributed by atoms with Gasteiger partial charge in [-0.3, -0.25) is 0 Å². The first-order valence-corrected chi connectivity index (χ1v) is 4.23. The normalized spacial score (nSPS) is 12.6. The molecule has 3 heteroatoms. The molecule has 0 saturated carbocycles. The molecule has 0 aliphatic heterocycles. The molecule has 0 spiro atoms. The summed E-state index contributed by atoms with van der Waals surface area (Å²) >= 11 is 0. The van der Waals surface area contributed by atoms with Crippen LogP contribution in [0.25, 0.3) is 0 Å². The molecule has 1 aromatic rings. The van der Waals surface area contributed by atoms with Crippen LogP contribution in [-0.4, -0.2) is 12.2 Å². The van der Waals surface area contributed by atoms with Crippen LogP contribution in [0.15, 0.2) is 18.2 Å². The van der Waals surface area contributed by atoms with Crippen LogP contribution in [0.4, 0.5) is 0 Å². The topological polar surface area (TPSA) is 55.5 Å². The second kappa shape index (κ2) is 4.25. The fraction of sp³-hybridized carbons (Fsp3) is 0.400. The Morgan fingerprint density at radius 2 is 2.23 bits per heavy atom. The Morgan fingerprint density at radius 3 is 2.69 bits per heavy atom. The summed E-state index contributed by atoms with van der Waals surface area (Å²) in [6, 6.07) is 5.50. The van der Waals surface area contributed by atoms with Gasteiger partial charge in [0.2, 0.25) is 0 Å². The molecule has 1 rings (SSSR count). The average Bonchev–Trinajstić information content (AvgIpc) is 2.16. The Balaban J connectivity index is 3.19. The molecule has 3 N–H and O–H groups in total. The van der Waals surface area contributed by atoms with Gasteiger partial charge in [0.25, 0.3) is 0 Å². The third-order valence-electron chi connectivity index (χ3n) is 2.04. The molecule has 0 amide bonds. The first-order chi connectivity index (χ1) is 6.20. The zero-order valence-electron chi connectivity index (χ0n) is 7.95. The molecule has 3 nitrogen and oxygen atoms in total. The fourth-order valence-electron chi connectivity index (χ4n) is 1.37. The van der Waals surface area contributed by atoms with Crippen LogP contribution in [0, 0.1) is 0 Å². The first-order valence-electron chi connectivity index (χ1n) is 4.23. The van der Waals surface area contributed by atoms with Crippen molar-refractivity contribution in [2.45, 2.75) is 19.6 Å². The maximum atomic E-state index is 9.14. The summed E-state index contributed by atoms with van der Waals surface area (Å²) in [4.78, 5) is 0. The molecule has 1 aromatic carbocycles. The predicted octanol–water partition coefficient (Wildman–Crippen LogP) is 1.21. The number of aliphatic hydroxyl groups excluding tert-OH is 1. The molecule has 0 aromatic heterocycles. The maximum absolute atomic E-state index is 9.14. The summed E-state index contributed by atoms with van der Waals surface area (Å²) in [5.41, 5.74) is 7.46. The van der Waals surface area contributed by atoms with Crippen molar-refractivity contribution >= 4 is 0 Å². The maximum Gasteiger partial charge on any atom is 0.124 e. The largest absolute Gasteiger partial charge is 0.496 e. The van der Waals surface area contributed by atoms with Crippen LogP contribution in [0.2, 0.25) is 0 Å². The van der Waals surface area contributed by atoms with Crippen LogP contribution in [-0.2, 0) is 6.61 Å². The Hall–Kier alpha value is -1.06. The fourth-order valence-corrected chi connectivity index (χ4v) is 1.37. The second-order valence-corrected chi connectivity index (χ2v) is 2.97. The van der Waals surface area contributed by atoms with E-state index in [1.807, 2.05) is 25.1 Å². The molecule has 0 unspecified atom stereocenters. The van der Waals surface area contributed by atoms with Crippen molar-refractivity contribution in [3.05, 3.63) is 29.3 Å². The van der Waals surface area contributed by atoms with Gasteiger partial charge in [0, 0.05) is 11.6 Å². The van der Waals surface area contributed by atoms with E-state index in [4.69, 9.17) is 15.6 Å². The molecule has 0 bridgehead atoms. The van der Waals surface area contributed by atoms with E-state index >= 15 is 0 Å². The van der Waals surface area contributed by atoms with Crippen molar-refractivity contribution in [3.8, 4) is 5.75 Å². The average molecular weight is 181 g/mol. The number of hydrogen-bond acceptors (Lipinski definition) is 3. The Kier molecular flexibility index (Phi) is 3.28. The summed E-state index contributed by atoms with van der Waals surface area (Å²) in [6.45, 7) is 1.84. The lowest BCUT2D eigenvalue weighted by molar-refractivity contribution is 0.271. The molecule has 0 radical (unpaired) electrons. The number of hydrogen-bond donors (Lipinski definition) is 2. The van der Waals surface area contributed by atoms with E-state index in [0.29, 0.717) is 5.75 Å².